The zero-order valence-electron chi connectivity index (χ0n) is 12.8. The Balaban J connectivity index is 1.85. The average Bonchev–Trinajstić information content (AvgIpc) is 2.53. The van der Waals surface area contributed by atoms with Gasteiger partial charge in [0.05, 0.1) is 12.6 Å². The molecule has 0 aliphatic heterocycles. The summed E-state index contributed by atoms with van der Waals surface area (Å²) in [5.41, 5.74) is 2.11. The molecule has 2 aromatic rings. The number of halogens is 1. The molecule has 4 heteroatoms. The first-order chi connectivity index (χ1) is 10.6. The standard InChI is InChI=1S/C18H20BrNO2/c1-13(16-9-6-10-17(19)11-16)20-18(21)14(2)22-12-15-7-4-3-5-8-15/h3-11,13-14H,12H2,1-2H3,(H,20,21)/t13-,14-/m0/s1. The number of nitrogens with one attached hydrogen (secondary N) is 1. The Morgan fingerprint density at radius 1 is 1.14 bits per heavy atom. The topological polar surface area (TPSA) is 38.3 Å². The van der Waals surface area contributed by atoms with Crippen molar-refractivity contribution >= 4 is 21.8 Å². The summed E-state index contributed by atoms with van der Waals surface area (Å²) in [6.45, 7) is 4.16. The third kappa shape index (κ3) is 4.97. The second kappa shape index (κ2) is 8.11. The highest BCUT2D eigenvalue weighted by atomic mass is 79.9. The largest absolute Gasteiger partial charge is 0.364 e. The first-order valence-electron chi connectivity index (χ1n) is 7.27. The van der Waals surface area contributed by atoms with Crippen LogP contribution in [0.3, 0.4) is 0 Å². The maximum Gasteiger partial charge on any atom is 0.249 e. The summed E-state index contributed by atoms with van der Waals surface area (Å²) >= 11 is 3.44. The Hall–Kier alpha value is -1.65. The molecule has 0 saturated carbocycles. The number of carbonyl (C=O) groups excluding carboxylic acids is 1. The van der Waals surface area contributed by atoms with Gasteiger partial charge in [0.2, 0.25) is 5.91 Å². The zero-order valence-corrected chi connectivity index (χ0v) is 14.3. The van der Waals surface area contributed by atoms with Crippen LogP contribution in [0, 0.1) is 0 Å². The molecule has 22 heavy (non-hydrogen) atoms. The molecule has 0 aliphatic carbocycles. The molecule has 0 spiro atoms. The lowest BCUT2D eigenvalue weighted by molar-refractivity contribution is -0.133. The van der Waals surface area contributed by atoms with Crippen molar-refractivity contribution in [1.82, 2.24) is 5.32 Å². The minimum Gasteiger partial charge on any atom is -0.364 e. The van der Waals surface area contributed by atoms with E-state index >= 15 is 0 Å². The fraction of sp³-hybridized carbons (Fsp3) is 0.278. The van der Waals surface area contributed by atoms with Gasteiger partial charge in [-0.3, -0.25) is 4.79 Å². The summed E-state index contributed by atoms with van der Waals surface area (Å²) < 4.78 is 6.63. The molecule has 0 saturated heterocycles. The Morgan fingerprint density at radius 2 is 1.86 bits per heavy atom. The first-order valence-corrected chi connectivity index (χ1v) is 8.07. The van der Waals surface area contributed by atoms with E-state index in [2.05, 4.69) is 21.2 Å². The normalized spacial score (nSPS) is 13.4. The van der Waals surface area contributed by atoms with E-state index < -0.39 is 6.10 Å². The quantitative estimate of drug-likeness (QED) is 0.835. The molecule has 0 aromatic heterocycles. The van der Waals surface area contributed by atoms with Crippen LogP contribution in [0.15, 0.2) is 59.1 Å². The SMILES string of the molecule is C[C@H](OCc1ccccc1)C(=O)N[C@@H](C)c1cccc(Br)c1. The second-order valence-electron chi connectivity index (χ2n) is 5.22. The van der Waals surface area contributed by atoms with Crippen molar-refractivity contribution < 1.29 is 9.53 Å². The van der Waals surface area contributed by atoms with Crippen LogP contribution in [0.25, 0.3) is 0 Å². The molecule has 1 N–H and O–H groups in total. The molecule has 2 rings (SSSR count). The van der Waals surface area contributed by atoms with Gasteiger partial charge in [-0.25, -0.2) is 0 Å². The van der Waals surface area contributed by atoms with E-state index in [1.54, 1.807) is 6.92 Å². The number of amides is 1. The summed E-state index contributed by atoms with van der Waals surface area (Å²) in [6.07, 6.45) is -0.491. The van der Waals surface area contributed by atoms with Crippen molar-refractivity contribution in [2.75, 3.05) is 0 Å². The van der Waals surface area contributed by atoms with Crippen LogP contribution in [-0.2, 0) is 16.1 Å². The van der Waals surface area contributed by atoms with Gasteiger partial charge in [-0.05, 0) is 37.1 Å². The molecule has 2 atom stereocenters. The van der Waals surface area contributed by atoms with Crippen molar-refractivity contribution in [2.24, 2.45) is 0 Å². The molecular formula is C18H20BrNO2. The van der Waals surface area contributed by atoms with Crippen molar-refractivity contribution in [3.05, 3.63) is 70.2 Å². The third-order valence-electron chi connectivity index (χ3n) is 3.42. The third-order valence-corrected chi connectivity index (χ3v) is 3.91. The lowest BCUT2D eigenvalue weighted by Gasteiger charge is -2.18. The Morgan fingerprint density at radius 3 is 2.55 bits per heavy atom. The summed E-state index contributed by atoms with van der Waals surface area (Å²) in [4.78, 5) is 12.2. The molecule has 0 fully saturated rings. The molecule has 1 amide bonds. The highest BCUT2D eigenvalue weighted by Gasteiger charge is 2.16. The van der Waals surface area contributed by atoms with Gasteiger partial charge in [-0.15, -0.1) is 0 Å². The molecule has 0 radical (unpaired) electrons. The van der Waals surface area contributed by atoms with Crippen molar-refractivity contribution in [3.63, 3.8) is 0 Å². The first kappa shape index (κ1) is 16.7. The minimum atomic E-state index is -0.491. The van der Waals surface area contributed by atoms with Crippen LogP contribution < -0.4 is 5.32 Å². The summed E-state index contributed by atoms with van der Waals surface area (Å²) in [5, 5.41) is 2.97. The van der Waals surface area contributed by atoms with Gasteiger partial charge in [0.15, 0.2) is 0 Å². The summed E-state index contributed by atoms with van der Waals surface area (Å²) in [6, 6.07) is 17.7. The monoisotopic (exact) mass is 361 g/mol. The molecule has 116 valence electrons. The minimum absolute atomic E-state index is 0.0622. The maximum atomic E-state index is 12.2. The van der Waals surface area contributed by atoms with Gasteiger partial charge in [0.1, 0.15) is 6.10 Å². The predicted molar refractivity (Wildman–Crippen MR) is 91.4 cm³/mol. The number of benzene rings is 2. The van der Waals surface area contributed by atoms with E-state index in [1.165, 1.54) is 0 Å². The van der Waals surface area contributed by atoms with Gasteiger partial charge >= 0.3 is 0 Å². The molecule has 0 bridgehead atoms. The fourth-order valence-corrected chi connectivity index (χ4v) is 2.48. The van der Waals surface area contributed by atoms with E-state index in [4.69, 9.17) is 4.74 Å². The Bertz CT molecular complexity index is 615. The number of hydrogen-bond donors (Lipinski definition) is 1. The number of ether oxygens (including phenoxy) is 1. The molecule has 3 nitrogen and oxygen atoms in total. The summed E-state index contributed by atoms with van der Waals surface area (Å²) in [7, 11) is 0. The average molecular weight is 362 g/mol. The van der Waals surface area contributed by atoms with Crippen LogP contribution in [0.2, 0.25) is 0 Å². The van der Waals surface area contributed by atoms with E-state index in [9.17, 15) is 4.79 Å². The van der Waals surface area contributed by atoms with Crippen LogP contribution in [-0.4, -0.2) is 12.0 Å². The molecule has 0 aliphatic rings. The van der Waals surface area contributed by atoms with Crippen molar-refractivity contribution in [3.8, 4) is 0 Å². The van der Waals surface area contributed by atoms with E-state index in [0.717, 1.165) is 15.6 Å². The van der Waals surface area contributed by atoms with E-state index in [-0.39, 0.29) is 11.9 Å². The van der Waals surface area contributed by atoms with E-state index in [1.807, 2.05) is 61.5 Å². The molecular weight excluding hydrogens is 342 g/mol. The lowest BCUT2D eigenvalue weighted by Crippen LogP contribution is -2.36. The highest BCUT2D eigenvalue weighted by molar-refractivity contribution is 9.10. The van der Waals surface area contributed by atoms with Gasteiger partial charge in [-0.2, -0.15) is 0 Å². The molecule has 0 heterocycles. The predicted octanol–water partition coefficient (Wildman–Crippen LogP) is 4.23. The zero-order chi connectivity index (χ0) is 15.9. The van der Waals surface area contributed by atoms with Crippen LogP contribution >= 0.6 is 15.9 Å². The fourth-order valence-electron chi connectivity index (χ4n) is 2.06. The van der Waals surface area contributed by atoms with Crippen LogP contribution in [0.4, 0.5) is 0 Å². The van der Waals surface area contributed by atoms with Crippen molar-refractivity contribution in [1.29, 1.82) is 0 Å². The lowest BCUT2D eigenvalue weighted by atomic mass is 10.1. The van der Waals surface area contributed by atoms with E-state index in [0.29, 0.717) is 6.61 Å². The molecule has 2 aromatic carbocycles. The number of hydrogen-bond acceptors (Lipinski definition) is 2. The van der Waals surface area contributed by atoms with Gasteiger partial charge in [0.25, 0.3) is 0 Å². The van der Waals surface area contributed by atoms with Gasteiger partial charge in [0, 0.05) is 4.47 Å². The number of carbonyl (C=O) groups is 1. The molecule has 0 unspecified atom stereocenters. The highest BCUT2D eigenvalue weighted by Crippen LogP contribution is 2.18. The second-order valence-corrected chi connectivity index (χ2v) is 6.14. The van der Waals surface area contributed by atoms with Crippen LogP contribution in [0.5, 0.6) is 0 Å². The Labute approximate surface area is 139 Å². The van der Waals surface area contributed by atoms with Gasteiger partial charge in [-0.1, -0.05) is 58.4 Å². The Kier molecular flexibility index (Phi) is 6.16. The van der Waals surface area contributed by atoms with Crippen LogP contribution in [0.1, 0.15) is 31.0 Å². The van der Waals surface area contributed by atoms with Crippen molar-refractivity contribution in [2.45, 2.75) is 32.6 Å². The smallest absolute Gasteiger partial charge is 0.249 e. The maximum absolute atomic E-state index is 12.2. The summed E-state index contributed by atoms with van der Waals surface area (Å²) in [5.74, 6) is -0.108. The number of rotatable bonds is 6. The van der Waals surface area contributed by atoms with Gasteiger partial charge < -0.3 is 10.1 Å².